The molecule has 3 amide bonds. The number of hydrogen-bond acceptors (Lipinski definition) is 4. The lowest BCUT2D eigenvalue weighted by Gasteiger charge is -2.51. The van der Waals surface area contributed by atoms with Crippen LogP contribution in [-0.4, -0.2) is 49.7 Å². The molecule has 2 aromatic rings. The van der Waals surface area contributed by atoms with Gasteiger partial charge in [0.25, 0.3) is 5.91 Å². The van der Waals surface area contributed by atoms with Gasteiger partial charge in [0.05, 0.1) is 18.4 Å². The number of nitrogens with one attached hydrogen (secondary N) is 2. The third-order valence-electron chi connectivity index (χ3n) is 6.11. The normalized spacial score (nSPS) is 17.4. The summed E-state index contributed by atoms with van der Waals surface area (Å²) in [6, 6.07) is 10.7. The van der Waals surface area contributed by atoms with Crippen molar-refractivity contribution in [3.8, 4) is 5.75 Å². The number of likely N-dealkylation sites (tertiary alicyclic amines) is 1. The fourth-order valence-electron chi connectivity index (χ4n) is 4.21. The van der Waals surface area contributed by atoms with E-state index in [0.29, 0.717) is 36.5 Å². The average Bonchev–Trinajstić information content (AvgIpc) is 2.74. The van der Waals surface area contributed by atoms with Crippen molar-refractivity contribution >= 4 is 34.9 Å². The van der Waals surface area contributed by atoms with Gasteiger partial charge in [0.15, 0.2) is 0 Å². The van der Waals surface area contributed by atoms with Crippen molar-refractivity contribution in [2.24, 2.45) is 0 Å². The number of methoxy groups -OCH3 is 1. The third kappa shape index (κ3) is 3.54. The van der Waals surface area contributed by atoms with Crippen molar-refractivity contribution in [1.82, 2.24) is 10.2 Å². The van der Waals surface area contributed by atoms with E-state index in [1.807, 2.05) is 38.2 Å². The Labute approximate surface area is 180 Å². The standard InChI is InChI=1S/C22H25ClN4O3/c1-14-12-16(30-3)5-7-18(14)24-21(29)27-10-8-22(9-11-27)25-20(28)17-6-4-15(23)13-19(17)26(22)2/h4-7,12-13H,8-11H2,1-3H3,(H,24,29)(H,25,28). The van der Waals surface area contributed by atoms with Crippen LogP contribution in [0.1, 0.15) is 28.8 Å². The topological polar surface area (TPSA) is 73.9 Å². The summed E-state index contributed by atoms with van der Waals surface area (Å²) in [5, 5.41) is 6.73. The van der Waals surface area contributed by atoms with Gasteiger partial charge in [-0.1, -0.05) is 11.6 Å². The molecule has 8 heteroatoms. The van der Waals surface area contributed by atoms with Gasteiger partial charge in [-0.3, -0.25) is 4.79 Å². The third-order valence-corrected chi connectivity index (χ3v) is 6.34. The Morgan fingerprint density at radius 1 is 1.20 bits per heavy atom. The molecule has 0 unspecified atom stereocenters. The van der Waals surface area contributed by atoms with Crippen LogP contribution in [0.5, 0.6) is 5.75 Å². The number of anilines is 2. The molecule has 2 aliphatic rings. The number of carbonyl (C=O) groups excluding carboxylic acids is 2. The largest absolute Gasteiger partial charge is 0.497 e. The summed E-state index contributed by atoms with van der Waals surface area (Å²) < 4.78 is 5.22. The van der Waals surface area contributed by atoms with Crippen molar-refractivity contribution < 1.29 is 14.3 Å². The second-order valence-corrected chi connectivity index (χ2v) is 8.24. The molecule has 0 radical (unpaired) electrons. The molecule has 4 rings (SSSR count). The quantitative estimate of drug-likeness (QED) is 0.761. The number of carbonyl (C=O) groups is 2. The first-order chi connectivity index (χ1) is 14.3. The van der Waals surface area contributed by atoms with E-state index in [2.05, 4.69) is 15.5 Å². The zero-order valence-corrected chi connectivity index (χ0v) is 18.0. The number of amides is 3. The second-order valence-electron chi connectivity index (χ2n) is 7.80. The molecule has 0 bridgehead atoms. The molecule has 158 valence electrons. The maximum Gasteiger partial charge on any atom is 0.321 e. The summed E-state index contributed by atoms with van der Waals surface area (Å²) in [5.41, 5.74) is 2.60. The number of piperidine rings is 1. The molecular formula is C22H25ClN4O3. The minimum atomic E-state index is -0.526. The monoisotopic (exact) mass is 428 g/mol. The Bertz CT molecular complexity index is 1000. The van der Waals surface area contributed by atoms with Crippen molar-refractivity contribution in [1.29, 1.82) is 0 Å². The van der Waals surface area contributed by atoms with E-state index in [-0.39, 0.29) is 11.9 Å². The lowest BCUT2D eigenvalue weighted by molar-refractivity contribution is 0.0815. The minimum Gasteiger partial charge on any atom is -0.497 e. The first-order valence-electron chi connectivity index (χ1n) is 9.89. The predicted molar refractivity (Wildman–Crippen MR) is 118 cm³/mol. The van der Waals surface area contributed by atoms with E-state index >= 15 is 0 Å². The van der Waals surface area contributed by atoms with Crippen LogP contribution in [0, 0.1) is 6.92 Å². The molecule has 0 atom stereocenters. The van der Waals surface area contributed by atoms with E-state index in [1.165, 1.54) is 0 Å². The van der Waals surface area contributed by atoms with Crippen LogP contribution in [0.4, 0.5) is 16.2 Å². The van der Waals surface area contributed by atoms with E-state index in [4.69, 9.17) is 16.3 Å². The van der Waals surface area contributed by atoms with Crippen LogP contribution < -0.4 is 20.3 Å². The van der Waals surface area contributed by atoms with Gasteiger partial charge in [-0.2, -0.15) is 0 Å². The second kappa shape index (κ2) is 7.72. The molecule has 1 saturated heterocycles. The summed E-state index contributed by atoms with van der Waals surface area (Å²) in [6.45, 7) is 2.99. The predicted octanol–water partition coefficient (Wildman–Crippen LogP) is 3.86. The van der Waals surface area contributed by atoms with E-state index in [0.717, 1.165) is 22.7 Å². The Morgan fingerprint density at radius 3 is 2.60 bits per heavy atom. The molecule has 2 heterocycles. The zero-order valence-electron chi connectivity index (χ0n) is 17.3. The van der Waals surface area contributed by atoms with E-state index < -0.39 is 5.66 Å². The van der Waals surface area contributed by atoms with E-state index in [9.17, 15) is 9.59 Å². The Morgan fingerprint density at radius 2 is 1.93 bits per heavy atom. The number of aryl methyl sites for hydroxylation is 1. The highest BCUT2D eigenvalue weighted by Crippen LogP contribution is 2.37. The van der Waals surface area contributed by atoms with Gasteiger partial charge >= 0.3 is 6.03 Å². The summed E-state index contributed by atoms with van der Waals surface area (Å²) in [7, 11) is 3.58. The molecule has 2 aromatic carbocycles. The number of hydrogen-bond donors (Lipinski definition) is 2. The molecular weight excluding hydrogens is 404 g/mol. The zero-order chi connectivity index (χ0) is 21.5. The summed E-state index contributed by atoms with van der Waals surface area (Å²) in [6.07, 6.45) is 1.24. The Kier molecular flexibility index (Phi) is 5.24. The first kappa shape index (κ1) is 20.3. The molecule has 0 aromatic heterocycles. The number of urea groups is 1. The molecule has 2 N–H and O–H groups in total. The number of fused-ring (bicyclic) bond motifs is 1. The van der Waals surface area contributed by atoms with Crippen LogP contribution in [0.15, 0.2) is 36.4 Å². The molecule has 1 fully saturated rings. The van der Waals surface area contributed by atoms with Gasteiger partial charge in [-0.05, 0) is 48.9 Å². The Hall–Kier alpha value is -2.93. The SMILES string of the molecule is COc1ccc(NC(=O)N2CCC3(CC2)NC(=O)c2ccc(Cl)cc2N3C)c(C)c1. The fourth-order valence-corrected chi connectivity index (χ4v) is 4.37. The maximum atomic E-state index is 12.8. The molecule has 1 spiro atoms. The lowest BCUT2D eigenvalue weighted by atomic mass is 9.90. The smallest absolute Gasteiger partial charge is 0.321 e. The van der Waals surface area contributed by atoms with Crippen LogP contribution in [0.3, 0.4) is 0 Å². The van der Waals surface area contributed by atoms with Gasteiger partial charge in [0, 0.05) is 43.7 Å². The highest BCUT2D eigenvalue weighted by molar-refractivity contribution is 6.31. The number of rotatable bonds is 2. The number of nitrogens with zero attached hydrogens (tertiary/aromatic N) is 2. The summed E-state index contributed by atoms with van der Waals surface area (Å²) >= 11 is 6.16. The molecule has 0 saturated carbocycles. The fraction of sp³-hybridized carbons (Fsp3) is 0.364. The average molecular weight is 429 g/mol. The number of ether oxygens (including phenoxy) is 1. The van der Waals surface area contributed by atoms with Crippen molar-refractivity contribution in [2.75, 3.05) is 37.5 Å². The van der Waals surface area contributed by atoms with Gasteiger partial charge in [0.1, 0.15) is 11.4 Å². The number of benzene rings is 2. The molecule has 7 nitrogen and oxygen atoms in total. The molecule has 2 aliphatic heterocycles. The highest BCUT2D eigenvalue weighted by Gasteiger charge is 2.44. The first-order valence-corrected chi connectivity index (χ1v) is 10.3. The van der Waals surface area contributed by atoms with E-state index in [1.54, 1.807) is 24.1 Å². The van der Waals surface area contributed by atoms with Gasteiger partial charge < -0.3 is 25.2 Å². The van der Waals surface area contributed by atoms with Crippen LogP contribution >= 0.6 is 11.6 Å². The molecule has 0 aliphatic carbocycles. The number of halogens is 1. The summed E-state index contributed by atoms with van der Waals surface area (Å²) in [5.74, 6) is 0.647. The highest BCUT2D eigenvalue weighted by atomic mass is 35.5. The lowest BCUT2D eigenvalue weighted by Crippen LogP contribution is -2.67. The van der Waals surface area contributed by atoms with Crippen LogP contribution in [-0.2, 0) is 0 Å². The van der Waals surface area contributed by atoms with Gasteiger partial charge in [-0.15, -0.1) is 0 Å². The van der Waals surface area contributed by atoms with Crippen molar-refractivity contribution in [3.05, 3.63) is 52.5 Å². The van der Waals surface area contributed by atoms with Gasteiger partial charge in [-0.25, -0.2) is 4.79 Å². The van der Waals surface area contributed by atoms with Gasteiger partial charge in [0.2, 0.25) is 0 Å². The maximum absolute atomic E-state index is 12.8. The molecule has 30 heavy (non-hydrogen) atoms. The van der Waals surface area contributed by atoms with Crippen LogP contribution in [0.25, 0.3) is 0 Å². The Balaban J connectivity index is 1.46. The van der Waals surface area contributed by atoms with Crippen molar-refractivity contribution in [2.45, 2.75) is 25.4 Å². The minimum absolute atomic E-state index is 0.105. The van der Waals surface area contributed by atoms with Crippen molar-refractivity contribution in [3.63, 3.8) is 0 Å². The van der Waals surface area contributed by atoms with Crippen LogP contribution in [0.2, 0.25) is 5.02 Å². The summed E-state index contributed by atoms with van der Waals surface area (Å²) in [4.78, 5) is 29.3.